The van der Waals surface area contributed by atoms with Crippen molar-refractivity contribution in [1.29, 1.82) is 0 Å². The third-order valence-electron chi connectivity index (χ3n) is 4.00. The van der Waals surface area contributed by atoms with Crippen LogP contribution in [0.2, 0.25) is 0 Å². The monoisotopic (exact) mass is 314 g/mol. The Labute approximate surface area is 133 Å². The number of aromatic carboxylic acids is 1. The fourth-order valence-corrected chi connectivity index (χ4v) is 2.74. The molecular formula is C16H18N4O3. The maximum absolute atomic E-state index is 12.5. The molecule has 1 unspecified atom stereocenters. The van der Waals surface area contributed by atoms with Gasteiger partial charge in [-0.2, -0.15) is 5.10 Å². The molecule has 3 rings (SSSR count). The fraction of sp³-hybridized carbons (Fsp3) is 0.312. The molecule has 1 fully saturated rings. The molecule has 2 aromatic rings. The summed E-state index contributed by atoms with van der Waals surface area (Å²) in [5.41, 5.74) is 1.64. The first-order chi connectivity index (χ1) is 11.1. The van der Waals surface area contributed by atoms with Crippen LogP contribution in [-0.2, 0) is 18.4 Å². The van der Waals surface area contributed by atoms with Gasteiger partial charge in [0.1, 0.15) is 0 Å². The van der Waals surface area contributed by atoms with Crippen LogP contribution in [0.4, 0.5) is 5.69 Å². The van der Waals surface area contributed by atoms with Gasteiger partial charge >= 0.3 is 5.97 Å². The lowest BCUT2D eigenvalue weighted by Crippen LogP contribution is -2.38. The molecule has 120 valence electrons. The average molecular weight is 314 g/mol. The molecule has 1 aromatic heterocycles. The summed E-state index contributed by atoms with van der Waals surface area (Å²) >= 11 is 0. The normalized spacial score (nSPS) is 17.7. The van der Waals surface area contributed by atoms with E-state index in [1.54, 1.807) is 11.9 Å². The smallest absolute Gasteiger partial charge is 0.356 e. The number of nitrogens with one attached hydrogen (secondary N) is 1. The molecule has 0 aliphatic carbocycles. The van der Waals surface area contributed by atoms with Crippen LogP contribution in [0.3, 0.4) is 0 Å². The number of anilines is 1. The van der Waals surface area contributed by atoms with E-state index in [0.717, 1.165) is 17.8 Å². The highest BCUT2D eigenvalue weighted by Gasteiger charge is 2.32. The number of benzene rings is 1. The van der Waals surface area contributed by atoms with Gasteiger partial charge in [-0.15, -0.1) is 0 Å². The highest BCUT2D eigenvalue weighted by molar-refractivity contribution is 5.99. The van der Waals surface area contributed by atoms with Gasteiger partial charge in [0.15, 0.2) is 5.69 Å². The molecule has 23 heavy (non-hydrogen) atoms. The van der Waals surface area contributed by atoms with Gasteiger partial charge in [-0.05, 0) is 24.6 Å². The first kappa shape index (κ1) is 15.2. The van der Waals surface area contributed by atoms with E-state index in [9.17, 15) is 9.59 Å². The van der Waals surface area contributed by atoms with Crippen LogP contribution in [0.1, 0.15) is 22.6 Å². The first-order valence-electron chi connectivity index (χ1n) is 7.42. The van der Waals surface area contributed by atoms with E-state index in [4.69, 9.17) is 5.11 Å². The molecule has 7 heteroatoms. The maximum atomic E-state index is 12.5. The predicted octanol–water partition coefficient (Wildman–Crippen LogP) is 1.01. The molecule has 0 radical (unpaired) electrons. The Balaban J connectivity index is 1.64. The summed E-state index contributed by atoms with van der Waals surface area (Å²) in [6.45, 7) is 1.07. The Kier molecular flexibility index (Phi) is 4.12. The van der Waals surface area contributed by atoms with Gasteiger partial charge in [0.2, 0.25) is 5.91 Å². The standard InChI is InChI=1S/C16H18N4O3/c1-19-12(9-14(18-19)16(22)23)10-17-13-7-8-20(15(13)21)11-5-3-2-4-6-11/h2-6,9,13,17H,7-8,10H2,1H3,(H,22,23). The Hall–Kier alpha value is -2.67. The van der Waals surface area contributed by atoms with Crippen LogP contribution < -0.4 is 10.2 Å². The van der Waals surface area contributed by atoms with Gasteiger partial charge in [0.05, 0.1) is 11.7 Å². The van der Waals surface area contributed by atoms with Crippen molar-refractivity contribution < 1.29 is 14.7 Å². The summed E-state index contributed by atoms with van der Waals surface area (Å²) in [7, 11) is 1.69. The van der Waals surface area contributed by atoms with E-state index < -0.39 is 5.97 Å². The summed E-state index contributed by atoms with van der Waals surface area (Å²) in [6, 6.07) is 10.8. The topological polar surface area (TPSA) is 87.5 Å². The van der Waals surface area contributed by atoms with Gasteiger partial charge < -0.3 is 15.3 Å². The molecule has 2 N–H and O–H groups in total. The summed E-state index contributed by atoms with van der Waals surface area (Å²) in [4.78, 5) is 25.2. The molecule has 1 atom stereocenters. The molecule has 0 spiro atoms. The fourth-order valence-electron chi connectivity index (χ4n) is 2.74. The third-order valence-corrected chi connectivity index (χ3v) is 4.00. The average Bonchev–Trinajstić information content (AvgIpc) is 3.09. The zero-order chi connectivity index (χ0) is 16.4. The summed E-state index contributed by atoms with van der Waals surface area (Å²) < 4.78 is 1.52. The van der Waals surface area contributed by atoms with E-state index in [1.807, 2.05) is 30.3 Å². The second kappa shape index (κ2) is 6.21. The van der Waals surface area contributed by atoms with Crippen LogP contribution in [-0.4, -0.2) is 39.4 Å². The number of amides is 1. The Bertz CT molecular complexity index is 726. The number of carbonyl (C=O) groups is 2. The van der Waals surface area contributed by atoms with Crippen LogP contribution in [0.5, 0.6) is 0 Å². The van der Waals surface area contributed by atoms with Crippen LogP contribution in [0, 0.1) is 0 Å². The minimum atomic E-state index is -1.06. The predicted molar refractivity (Wildman–Crippen MR) is 84.2 cm³/mol. The molecule has 7 nitrogen and oxygen atoms in total. The maximum Gasteiger partial charge on any atom is 0.356 e. The van der Waals surface area contributed by atoms with Gasteiger partial charge in [-0.3, -0.25) is 9.48 Å². The Morgan fingerprint density at radius 3 is 2.78 bits per heavy atom. The quantitative estimate of drug-likeness (QED) is 0.860. The van der Waals surface area contributed by atoms with Crippen molar-refractivity contribution in [3.05, 3.63) is 47.8 Å². The van der Waals surface area contributed by atoms with E-state index >= 15 is 0 Å². The number of aryl methyl sites for hydroxylation is 1. The summed E-state index contributed by atoms with van der Waals surface area (Å²) in [5.74, 6) is -1.02. The highest BCUT2D eigenvalue weighted by Crippen LogP contribution is 2.21. The van der Waals surface area contributed by atoms with E-state index in [0.29, 0.717) is 13.1 Å². The summed E-state index contributed by atoms with van der Waals surface area (Å²) in [5, 5.41) is 16.1. The van der Waals surface area contributed by atoms with Gasteiger partial charge in [0, 0.05) is 25.8 Å². The number of carboxylic acids is 1. The lowest BCUT2D eigenvalue weighted by atomic mass is 10.2. The second-order valence-electron chi connectivity index (χ2n) is 5.50. The van der Waals surface area contributed by atoms with Gasteiger partial charge in [0.25, 0.3) is 0 Å². The van der Waals surface area contributed by atoms with Crippen molar-refractivity contribution in [2.24, 2.45) is 7.05 Å². The van der Waals surface area contributed by atoms with Crippen molar-refractivity contribution in [1.82, 2.24) is 15.1 Å². The van der Waals surface area contributed by atoms with E-state index in [1.165, 1.54) is 10.7 Å². The molecule has 1 amide bonds. The molecular weight excluding hydrogens is 296 g/mol. The molecule has 2 heterocycles. The minimum absolute atomic E-state index is 0.00737. The zero-order valence-corrected chi connectivity index (χ0v) is 12.8. The number of hydrogen-bond acceptors (Lipinski definition) is 4. The number of carboxylic acid groups (broad SMARTS) is 1. The van der Waals surface area contributed by atoms with Crippen LogP contribution in [0.25, 0.3) is 0 Å². The molecule has 0 saturated carbocycles. The third kappa shape index (κ3) is 3.09. The van der Waals surface area contributed by atoms with Crippen molar-refractivity contribution >= 4 is 17.6 Å². The SMILES string of the molecule is Cn1nc(C(=O)O)cc1CNC1CCN(c2ccccc2)C1=O. The first-order valence-corrected chi connectivity index (χ1v) is 7.42. The Morgan fingerprint density at radius 2 is 2.13 bits per heavy atom. The largest absolute Gasteiger partial charge is 0.476 e. The van der Waals surface area contributed by atoms with Crippen LogP contribution >= 0.6 is 0 Å². The molecule has 1 aromatic carbocycles. The summed E-state index contributed by atoms with van der Waals surface area (Å²) in [6.07, 6.45) is 0.720. The van der Waals surface area contributed by atoms with Gasteiger partial charge in [-0.25, -0.2) is 4.79 Å². The zero-order valence-electron chi connectivity index (χ0n) is 12.8. The molecule has 1 aliphatic rings. The lowest BCUT2D eigenvalue weighted by Gasteiger charge is -2.17. The molecule has 1 aliphatic heterocycles. The number of para-hydroxylation sites is 1. The molecule has 1 saturated heterocycles. The van der Waals surface area contributed by atoms with Crippen molar-refractivity contribution in [2.45, 2.75) is 19.0 Å². The molecule has 0 bridgehead atoms. The minimum Gasteiger partial charge on any atom is -0.476 e. The highest BCUT2D eigenvalue weighted by atomic mass is 16.4. The van der Waals surface area contributed by atoms with Crippen LogP contribution in [0.15, 0.2) is 36.4 Å². The number of rotatable bonds is 5. The number of carbonyl (C=O) groups excluding carboxylic acids is 1. The number of nitrogens with zero attached hydrogens (tertiary/aromatic N) is 3. The Morgan fingerprint density at radius 1 is 1.39 bits per heavy atom. The second-order valence-corrected chi connectivity index (χ2v) is 5.50. The van der Waals surface area contributed by atoms with E-state index in [-0.39, 0.29) is 17.6 Å². The number of aromatic nitrogens is 2. The lowest BCUT2D eigenvalue weighted by molar-refractivity contribution is -0.118. The van der Waals surface area contributed by atoms with Crippen molar-refractivity contribution in [3.63, 3.8) is 0 Å². The van der Waals surface area contributed by atoms with Crippen molar-refractivity contribution in [3.8, 4) is 0 Å². The van der Waals surface area contributed by atoms with E-state index in [2.05, 4.69) is 10.4 Å². The van der Waals surface area contributed by atoms with Crippen molar-refractivity contribution in [2.75, 3.05) is 11.4 Å². The number of hydrogen-bond donors (Lipinski definition) is 2. The van der Waals surface area contributed by atoms with Gasteiger partial charge in [-0.1, -0.05) is 18.2 Å².